The van der Waals surface area contributed by atoms with E-state index in [0.29, 0.717) is 19.7 Å². The van der Waals surface area contributed by atoms with Gasteiger partial charge in [-0.15, -0.1) is 11.3 Å². The lowest BCUT2D eigenvalue weighted by Crippen LogP contribution is -2.49. The van der Waals surface area contributed by atoms with Gasteiger partial charge < -0.3 is 10.1 Å². The molecule has 3 heterocycles. The molecule has 3 aromatic rings. The number of hydrogen-bond donors (Lipinski definition) is 1. The third-order valence-electron chi connectivity index (χ3n) is 5.85. The van der Waals surface area contributed by atoms with Crippen LogP contribution in [0.5, 0.6) is 0 Å². The minimum atomic E-state index is 0.0988. The predicted octanol–water partition coefficient (Wildman–Crippen LogP) is 2.93. The van der Waals surface area contributed by atoms with Gasteiger partial charge in [0.25, 0.3) is 0 Å². The summed E-state index contributed by atoms with van der Waals surface area (Å²) in [6, 6.07) is 14.7. The molecule has 7 nitrogen and oxygen atoms in total. The smallest absolute Gasteiger partial charge is 0.234 e. The number of carbonyl (C=O) groups is 1. The Kier molecular flexibility index (Phi) is 8.65. The summed E-state index contributed by atoms with van der Waals surface area (Å²) in [4.78, 5) is 18.1. The predicted molar refractivity (Wildman–Crippen MR) is 132 cm³/mol. The van der Waals surface area contributed by atoms with Crippen molar-refractivity contribution >= 4 is 17.2 Å². The van der Waals surface area contributed by atoms with Crippen molar-refractivity contribution in [1.29, 1.82) is 0 Å². The zero-order valence-electron chi connectivity index (χ0n) is 19.3. The van der Waals surface area contributed by atoms with Crippen LogP contribution in [0.3, 0.4) is 0 Å². The minimum Gasteiger partial charge on any atom is -0.385 e. The van der Waals surface area contributed by atoms with Crippen molar-refractivity contribution in [2.75, 3.05) is 53.0 Å². The summed E-state index contributed by atoms with van der Waals surface area (Å²) in [5, 5.41) is 10.0. The zero-order valence-corrected chi connectivity index (χ0v) is 20.1. The van der Waals surface area contributed by atoms with Gasteiger partial charge >= 0.3 is 0 Å². The van der Waals surface area contributed by atoms with Crippen molar-refractivity contribution in [3.63, 3.8) is 0 Å². The summed E-state index contributed by atoms with van der Waals surface area (Å²) < 4.78 is 7.08. The van der Waals surface area contributed by atoms with Gasteiger partial charge in [-0.3, -0.25) is 19.3 Å². The van der Waals surface area contributed by atoms with Gasteiger partial charge in [-0.1, -0.05) is 36.4 Å². The van der Waals surface area contributed by atoms with Gasteiger partial charge in [0, 0.05) is 64.7 Å². The van der Waals surface area contributed by atoms with Crippen LogP contribution in [-0.2, 0) is 22.6 Å². The van der Waals surface area contributed by atoms with Crippen LogP contribution in [-0.4, -0.2) is 78.5 Å². The SMILES string of the molecule is COCCCNC(=O)CN1CCN(Cc2cn(Cc3ccccc3)nc2-c2cccs2)CC1. The normalized spacial score (nSPS) is 15.1. The highest BCUT2D eigenvalue weighted by atomic mass is 32.1. The van der Waals surface area contributed by atoms with Crippen LogP contribution >= 0.6 is 11.3 Å². The van der Waals surface area contributed by atoms with E-state index in [-0.39, 0.29) is 5.91 Å². The van der Waals surface area contributed by atoms with Crippen molar-refractivity contribution in [3.8, 4) is 10.6 Å². The number of piperazine rings is 1. The molecule has 4 rings (SSSR count). The van der Waals surface area contributed by atoms with Crippen LogP contribution < -0.4 is 5.32 Å². The first-order valence-corrected chi connectivity index (χ1v) is 12.4. The molecule has 0 saturated carbocycles. The van der Waals surface area contributed by atoms with E-state index < -0.39 is 0 Å². The molecular weight excluding hydrogens is 434 g/mol. The maximum absolute atomic E-state index is 12.2. The molecule has 1 aliphatic rings. The highest BCUT2D eigenvalue weighted by Crippen LogP contribution is 2.28. The Morgan fingerprint density at radius 2 is 1.85 bits per heavy atom. The van der Waals surface area contributed by atoms with Gasteiger partial charge in [-0.2, -0.15) is 5.10 Å². The number of amides is 1. The third-order valence-corrected chi connectivity index (χ3v) is 6.73. The van der Waals surface area contributed by atoms with E-state index in [1.807, 2.05) is 6.07 Å². The molecule has 1 fully saturated rings. The Labute approximate surface area is 200 Å². The summed E-state index contributed by atoms with van der Waals surface area (Å²) in [5.41, 5.74) is 3.59. The van der Waals surface area contributed by atoms with Crippen molar-refractivity contribution < 1.29 is 9.53 Å². The molecule has 1 N–H and O–H groups in total. The standard InChI is InChI=1S/C25H33N5O2S/c1-32-15-6-10-26-24(31)20-29-13-11-28(12-14-29)18-22-19-30(17-21-7-3-2-4-8-21)27-25(22)23-9-5-16-33-23/h2-5,7-9,16,19H,6,10-15,17-18,20H2,1H3,(H,26,31). The van der Waals surface area contributed by atoms with E-state index in [1.165, 1.54) is 16.0 Å². The lowest BCUT2D eigenvalue weighted by molar-refractivity contribution is -0.122. The van der Waals surface area contributed by atoms with Gasteiger partial charge in [0.15, 0.2) is 0 Å². The Hall–Kier alpha value is -2.52. The first-order valence-electron chi connectivity index (χ1n) is 11.6. The minimum absolute atomic E-state index is 0.0988. The molecule has 0 bridgehead atoms. The second-order valence-electron chi connectivity index (χ2n) is 8.41. The van der Waals surface area contributed by atoms with E-state index in [1.54, 1.807) is 18.4 Å². The Morgan fingerprint density at radius 1 is 1.06 bits per heavy atom. The molecule has 0 spiro atoms. The molecule has 0 unspecified atom stereocenters. The van der Waals surface area contributed by atoms with E-state index in [9.17, 15) is 4.79 Å². The largest absolute Gasteiger partial charge is 0.385 e. The van der Waals surface area contributed by atoms with Crippen LogP contribution in [0.2, 0.25) is 0 Å². The van der Waals surface area contributed by atoms with Crippen molar-refractivity contribution in [2.45, 2.75) is 19.5 Å². The van der Waals surface area contributed by atoms with Gasteiger partial charge in [0.1, 0.15) is 5.69 Å². The topological polar surface area (TPSA) is 62.6 Å². The summed E-state index contributed by atoms with van der Waals surface area (Å²) in [6.07, 6.45) is 3.04. The average Bonchev–Trinajstić information content (AvgIpc) is 3.49. The first kappa shape index (κ1) is 23.6. The third kappa shape index (κ3) is 6.98. The molecule has 1 aliphatic heterocycles. The molecular formula is C25H33N5O2S. The van der Waals surface area contributed by atoms with Crippen LogP contribution in [0.4, 0.5) is 0 Å². The lowest BCUT2D eigenvalue weighted by Gasteiger charge is -2.34. The molecule has 0 aliphatic carbocycles. The Balaban J connectivity index is 1.33. The van der Waals surface area contributed by atoms with Gasteiger partial charge in [0.05, 0.1) is 18.0 Å². The summed E-state index contributed by atoms with van der Waals surface area (Å²) in [5.74, 6) is 0.0988. The maximum atomic E-state index is 12.2. The van der Waals surface area contributed by atoms with Gasteiger partial charge in [-0.05, 0) is 23.4 Å². The van der Waals surface area contributed by atoms with Crippen LogP contribution in [0.1, 0.15) is 17.5 Å². The molecule has 33 heavy (non-hydrogen) atoms. The average molecular weight is 468 g/mol. The first-order chi connectivity index (χ1) is 16.2. The molecule has 2 aromatic heterocycles. The van der Waals surface area contributed by atoms with Crippen molar-refractivity contribution in [3.05, 3.63) is 65.2 Å². The van der Waals surface area contributed by atoms with Crippen LogP contribution in [0, 0.1) is 0 Å². The van der Waals surface area contributed by atoms with Crippen LogP contribution in [0.15, 0.2) is 54.0 Å². The highest BCUT2D eigenvalue weighted by molar-refractivity contribution is 7.13. The molecule has 1 amide bonds. The fourth-order valence-electron chi connectivity index (χ4n) is 4.10. The highest BCUT2D eigenvalue weighted by Gasteiger charge is 2.21. The number of carbonyl (C=O) groups excluding carboxylic acids is 1. The number of nitrogens with one attached hydrogen (secondary N) is 1. The molecule has 0 atom stereocenters. The number of methoxy groups -OCH3 is 1. The lowest BCUT2D eigenvalue weighted by atomic mass is 10.2. The van der Waals surface area contributed by atoms with Gasteiger partial charge in [-0.25, -0.2) is 0 Å². The number of ether oxygens (including phenoxy) is 1. The fraction of sp³-hybridized carbons (Fsp3) is 0.440. The van der Waals surface area contributed by atoms with Crippen LogP contribution in [0.25, 0.3) is 10.6 Å². The Bertz CT molecular complexity index is 982. The molecule has 1 aromatic carbocycles. The van der Waals surface area contributed by atoms with Crippen molar-refractivity contribution in [1.82, 2.24) is 24.9 Å². The van der Waals surface area contributed by atoms with E-state index in [4.69, 9.17) is 9.84 Å². The molecule has 176 valence electrons. The number of nitrogens with zero attached hydrogens (tertiary/aromatic N) is 4. The zero-order chi connectivity index (χ0) is 22.9. The molecule has 1 saturated heterocycles. The second kappa shape index (κ2) is 12.1. The Morgan fingerprint density at radius 3 is 2.58 bits per heavy atom. The quantitative estimate of drug-likeness (QED) is 0.440. The summed E-state index contributed by atoms with van der Waals surface area (Å²) >= 11 is 1.73. The van der Waals surface area contributed by atoms with Crippen molar-refractivity contribution in [2.24, 2.45) is 0 Å². The summed E-state index contributed by atoms with van der Waals surface area (Å²) in [7, 11) is 1.68. The van der Waals surface area contributed by atoms with E-state index >= 15 is 0 Å². The molecule has 8 heteroatoms. The second-order valence-corrected chi connectivity index (χ2v) is 9.36. The van der Waals surface area contributed by atoms with E-state index in [0.717, 1.165) is 51.4 Å². The van der Waals surface area contributed by atoms with E-state index in [2.05, 4.69) is 67.8 Å². The number of aromatic nitrogens is 2. The number of thiophene rings is 1. The maximum Gasteiger partial charge on any atom is 0.234 e. The van der Waals surface area contributed by atoms with Gasteiger partial charge in [0.2, 0.25) is 5.91 Å². The summed E-state index contributed by atoms with van der Waals surface area (Å²) in [6.45, 7) is 7.16. The number of rotatable bonds is 11. The monoisotopic (exact) mass is 467 g/mol. The number of benzene rings is 1. The fourth-order valence-corrected chi connectivity index (χ4v) is 4.84. The molecule has 0 radical (unpaired) electrons. The number of hydrogen-bond acceptors (Lipinski definition) is 6.